The van der Waals surface area contributed by atoms with Crippen molar-refractivity contribution in [3.05, 3.63) is 24.2 Å². The number of amides is 2. The highest BCUT2D eigenvalue weighted by Gasteiger charge is 2.21. The van der Waals surface area contributed by atoms with Crippen LogP contribution in [0.2, 0.25) is 0 Å². The highest BCUT2D eigenvalue weighted by Crippen LogP contribution is 2.03. The molecule has 1 atom stereocenters. The normalized spacial score (nSPS) is 11.7. The summed E-state index contributed by atoms with van der Waals surface area (Å²) in [5.74, 6) is -1.95. The second-order valence-corrected chi connectivity index (χ2v) is 4.01. The molecule has 1 rings (SSSR count). The van der Waals surface area contributed by atoms with Crippen molar-refractivity contribution in [1.82, 2.24) is 10.2 Å². The zero-order chi connectivity index (χ0) is 14.4. The molecule has 1 aromatic heterocycles. The van der Waals surface area contributed by atoms with Crippen molar-refractivity contribution in [2.24, 2.45) is 0 Å². The molecule has 7 nitrogen and oxygen atoms in total. The van der Waals surface area contributed by atoms with Crippen molar-refractivity contribution in [1.29, 1.82) is 0 Å². The molecule has 0 fully saturated rings. The number of aliphatic carboxylic acids is 1. The monoisotopic (exact) mass is 268 g/mol. The topological polar surface area (TPSA) is 99.9 Å². The quantitative estimate of drug-likeness (QED) is 0.774. The lowest BCUT2D eigenvalue weighted by molar-refractivity contribution is -0.141. The van der Waals surface area contributed by atoms with E-state index >= 15 is 0 Å². The molecule has 1 aromatic rings. The van der Waals surface area contributed by atoms with Crippen LogP contribution < -0.4 is 5.32 Å². The summed E-state index contributed by atoms with van der Waals surface area (Å²) < 4.78 is 4.92. The number of carboxylic acid groups (broad SMARTS) is 1. The van der Waals surface area contributed by atoms with Gasteiger partial charge in [-0.25, -0.2) is 4.79 Å². The maximum absolute atomic E-state index is 11.8. The van der Waals surface area contributed by atoms with Gasteiger partial charge in [-0.15, -0.1) is 0 Å². The van der Waals surface area contributed by atoms with Gasteiger partial charge in [0.1, 0.15) is 6.04 Å². The number of rotatable bonds is 6. The van der Waals surface area contributed by atoms with E-state index < -0.39 is 23.8 Å². The van der Waals surface area contributed by atoms with E-state index in [0.717, 1.165) is 4.90 Å². The number of likely N-dealkylation sites (N-methyl/N-ethyl adjacent to an activating group) is 1. The molecular formula is C12H16N2O5. The largest absolute Gasteiger partial charge is 0.480 e. The van der Waals surface area contributed by atoms with Crippen LogP contribution in [-0.2, 0) is 9.59 Å². The van der Waals surface area contributed by atoms with Crippen LogP contribution in [0.3, 0.4) is 0 Å². The van der Waals surface area contributed by atoms with Crippen LogP contribution in [0.25, 0.3) is 0 Å². The first-order valence-electron chi connectivity index (χ1n) is 5.76. The molecule has 2 amide bonds. The molecule has 7 heteroatoms. The van der Waals surface area contributed by atoms with Crippen molar-refractivity contribution < 1.29 is 23.9 Å². The maximum atomic E-state index is 11.8. The van der Waals surface area contributed by atoms with E-state index in [4.69, 9.17) is 9.52 Å². The summed E-state index contributed by atoms with van der Waals surface area (Å²) in [7, 11) is 1.44. The predicted octanol–water partition coefficient (Wildman–Crippen LogP) is 0.331. The Morgan fingerprint density at radius 3 is 2.63 bits per heavy atom. The average Bonchev–Trinajstić information content (AvgIpc) is 2.88. The molecule has 104 valence electrons. The SMILES string of the molecule is CC[C@@H](NC(=O)CN(C)C(=O)c1ccco1)C(=O)O. The third-order valence-corrected chi connectivity index (χ3v) is 2.50. The number of carboxylic acids is 1. The molecule has 0 aliphatic rings. The van der Waals surface area contributed by atoms with Crippen molar-refractivity contribution >= 4 is 17.8 Å². The zero-order valence-electron chi connectivity index (χ0n) is 10.8. The highest BCUT2D eigenvalue weighted by molar-refractivity contribution is 5.94. The van der Waals surface area contributed by atoms with E-state index in [1.807, 2.05) is 0 Å². The molecule has 0 aromatic carbocycles. The first-order chi connectivity index (χ1) is 8.95. The Bertz CT molecular complexity index is 455. The lowest BCUT2D eigenvalue weighted by atomic mass is 10.2. The van der Waals surface area contributed by atoms with Gasteiger partial charge in [-0.3, -0.25) is 9.59 Å². The van der Waals surface area contributed by atoms with Crippen LogP contribution >= 0.6 is 0 Å². The van der Waals surface area contributed by atoms with E-state index in [1.54, 1.807) is 13.0 Å². The summed E-state index contributed by atoms with van der Waals surface area (Å²) in [5, 5.41) is 11.1. The Morgan fingerprint density at radius 1 is 1.47 bits per heavy atom. The fraction of sp³-hybridized carbons (Fsp3) is 0.417. The van der Waals surface area contributed by atoms with Crippen molar-refractivity contribution in [2.75, 3.05) is 13.6 Å². The van der Waals surface area contributed by atoms with Gasteiger partial charge >= 0.3 is 5.97 Å². The Labute approximate surface area is 110 Å². The number of hydrogen-bond donors (Lipinski definition) is 2. The van der Waals surface area contributed by atoms with Crippen LogP contribution in [0.1, 0.15) is 23.9 Å². The van der Waals surface area contributed by atoms with E-state index in [1.165, 1.54) is 19.4 Å². The van der Waals surface area contributed by atoms with Crippen LogP contribution in [0, 0.1) is 0 Å². The summed E-state index contributed by atoms with van der Waals surface area (Å²) >= 11 is 0. The van der Waals surface area contributed by atoms with Gasteiger partial charge in [-0.2, -0.15) is 0 Å². The van der Waals surface area contributed by atoms with Crippen LogP contribution in [0.4, 0.5) is 0 Å². The number of hydrogen-bond acceptors (Lipinski definition) is 4. The second kappa shape index (κ2) is 6.58. The molecule has 0 radical (unpaired) electrons. The third kappa shape index (κ3) is 4.13. The Kier molecular flexibility index (Phi) is 5.11. The van der Waals surface area contributed by atoms with Gasteiger partial charge in [0.05, 0.1) is 12.8 Å². The van der Waals surface area contributed by atoms with Gasteiger partial charge in [0.2, 0.25) is 5.91 Å². The minimum absolute atomic E-state index is 0.126. The molecule has 0 spiro atoms. The third-order valence-electron chi connectivity index (χ3n) is 2.50. The summed E-state index contributed by atoms with van der Waals surface area (Å²) in [4.78, 5) is 35.3. The predicted molar refractivity (Wildman–Crippen MR) is 65.5 cm³/mol. The standard InChI is InChI=1S/C12H16N2O5/c1-3-8(12(17)18)13-10(15)7-14(2)11(16)9-5-4-6-19-9/h4-6,8H,3,7H2,1-2H3,(H,13,15)(H,17,18)/t8-/m1/s1. The minimum atomic E-state index is -1.10. The summed E-state index contributed by atoms with van der Waals surface area (Å²) in [5.41, 5.74) is 0. The molecule has 1 heterocycles. The van der Waals surface area contributed by atoms with Crippen LogP contribution in [0.5, 0.6) is 0 Å². The molecule has 0 saturated carbocycles. The van der Waals surface area contributed by atoms with Crippen LogP contribution in [-0.4, -0.2) is 47.4 Å². The number of carbonyl (C=O) groups is 3. The van der Waals surface area contributed by atoms with Crippen molar-refractivity contribution in [3.63, 3.8) is 0 Å². The van der Waals surface area contributed by atoms with E-state index in [2.05, 4.69) is 5.32 Å². The first kappa shape index (κ1) is 14.7. The number of nitrogens with zero attached hydrogens (tertiary/aromatic N) is 1. The zero-order valence-corrected chi connectivity index (χ0v) is 10.8. The average molecular weight is 268 g/mol. The first-order valence-corrected chi connectivity index (χ1v) is 5.76. The fourth-order valence-electron chi connectivity index (χ4n) is 1.45. The van der Waals surface area contributed by atoms with Gasteiger partial charge in [0.15, 0.2) is 5.76 Å². The summed E-state index contributed by atoms with van der Waals surface area (Å²) in [6.45, 7) is 1.42. The lowest BCUT2D eigenvalue weighted by Gasteiger charge is -2.17. The molecule has 0 unspecified atom stereocenters. The molecule has 0 saturated heterocycles. The van der Waals surface area contributed by atoms with Gasteiger partial charge in [-0.1, -0.05) is 6.92 Å². The second-order valence-electron chi connectivity index (χ2n) is 4.01. The molecule has 0 aliphatic heterocycles. The molecule has 2 N–H and O–H groups in total. The molecule has 19 heavy (non-hydrogen) atoms. The van der Waals surface area contributed by atoms with Crippen LogP contribution in [0.15, 0.2) is 22.8 Å². The van der Waals surface area contributed by atoms with Crippen molar-refractivity contribution in [2.45, 2.75) is 19.4 Å². The van der Waals surface area contributed by atoms with Gasteiger partial charge in [-0.05, 0) is 18.6 Å². The van der Waals surface area contributed by atoms with Gasteiger partial charge < -0.3 is 19.7 Å². The summed E-state index contributed by atoms with van der Waals surface area (Å²) in [6.07, 6.45) is 1.63. The van der Waals surface area contributed by atoms with E-state index in [9.17, 15) is 14.4 Å². The molecule has 0 aliphatic carbocycles. The van der Waals surface area contributed by atoms with E-state index in [0.29, 0.717) is 0 Å². The van der Waals surface area contributed by atoms with E-state index in [-0.39, 0.29) is 18.7 Å². The Balaban J connectivity index is 2.52. The number of furan rings is 1. The fourth-order valence-corrected chi connectivity index (χ4v) is 1.45. The van der Waals surface area contributed by atoms with Gasteiger partial charge in [0, 0.05) is 7.05 Å². The van der Waals surface area contributed by atoms with Gasteiger partial charge in [0.25, 0.3) is 5.91 Å². The molecule has 0 bridgehead atoms. The Morgan fingerprint density at radius 2 is 2.16 bits per heavy atom. The maximum Gasteiger partial charge on any atom is 0.326 e. The number of carbonyl (C=O) groups excluding carboxylic acids is 2. The number of nitrogens with one attached hydrogen (secondary N) is 1. The summed E-state index contributed by atoms with van der Waals surface area (Å²) in [6, 6.07) is 2.11. The molecular weight excluding hydrogens is 252 g/mol. The smallest absolute Gasteiger partial charge is 0.326 e. The van der Waals surface area contributed by atoms with Crippen molar-refractivity contribution in [3.8, 4) is 0 Å². The highest BCUT2D eigenvalue weighted by atomic mass is 16.4. The lowest BCUT2D eigenvalue weighted by Crippen LogP contribution is -2.45. The minimum Gasteiger partial charge on any atom is -0.480 e. The Hall–Kier alpha value is -2.31.